The van der Waals surface area contributed by atoms with Crippen LogP contribution in [0.4, 0.5) is 0 Å². The average Bonchev–Trinajstić information content (AvgIpc) is 3.03. The summed E-state index contributed by atoms with van der Waals surface area (Å²) in [6, 6.07) is 5.01. The molecule has 0 radical (unpaired) electrons. The minimum Gasteiger partial charge on any atom is -0.454 e. The number of hydrogen-bond donors (Lipinski definition) is 1. The first-order chi connectivity index (χ1) is 14.0. The topological polar surface area (TPSA) is 110 Å². The molecule has 0 aromatic heterocycles. The van der Waals surface area contributed by atoms with E-state index < -0.39 is 46.3 Å². The first kappa shape index (κ1) is 24.1. The number of hydrogen-bond acceptors (Lipinski definition) is 6. The molecule has 1 saturated heterocycles. The van der Waals surface area contributed by atoms with Crippen molar-refractivity contribution >= 4 is 39.2 Å². The molecule has 0 spiro atoms. The summed E-state index contributed by atoms with van der Waals surface area (Å²) >= 11 is 5.97. The van der Waals surface area contributed by atoms with Crippen molar-refractivity contribution in [1.82, 2.24) is 10.2 Å². The molecule has 0 aliphatic carbocycles. The van der Waals surface area contributed by atoms with E-state index in [1.807, 2.05) is 13.8 Å². The Balaban J connectivity index is 1.93. The molecule has 1 aromatic carbocycles. The van der Waals surface area contributed by atoms with Gasteiger partial charge in [0.2, 0.25) is 0 Å². The molecule has 8 nitrogen and oxygen atoms in total. The van der Waals surface area contributed by atoms with Gasteiger partial charge in [0.25, 0.3) is 11.8 Å². The Morgan fingerprint density at radius 1 is 1.23 bits per heavy atom. The average molecular weight is 459 g/mol. The second-order valence-electron chi connectivity index (χ2n) is 7.78. The lowest BCUT2D eigenvalue weighted by molar-refractivity contribution is -0.154. The fraction of sp³-hybridized carbons (Fsp3) is 0.550. The van der Waals surface area contributed by atoms with Crippen molar-refractivity contribution in [3.63, 3.8) is 0 Å². The van der Waals surface area contributed by atoms with Crippen molar-refractivity contribution in [1.29, 1.82) is 0 Å². The highest BCUT2D eigenvalue weighted by Gasteiger charge is 2.35. The number of ether oxygens (including phenoxy) is 1. The van der Waals surface area contributed by atoms with Crippen molar-refractivity contribution < 1.29 is 27.5 Å². The summed E-state index contributed by atoms with van der Waals surface area (Å²) in [5.41, 5.74) is 0.223. The van der Waals surface area contributed by atoms with Gasteiger partial charge in [-0.25, -0.2) is 13.2 Å². The van der Waals surface area contributed by atoms with Crippen LogP contribution in [-0.4, -0.2) is 67.8 Å². The van der Waals surface area contributed by atoms with Crippen LogP contribution in [-0.2, 0) is 24.2 Å². The number of rotatable bonds is 8. The number of halogens is 1. The monoisotopic (exact) mass is 458 g/mol. The van der Waals surface area contributed by atoms with Crippen molar-refractivity contribution in [2.75, 3.05) is 24.7 Å². The van der Waals surface area contributed by atoms with Crippen LogP contribution in [0.5, 0.6) is 0 Å². The minimum absolute atomic E-state index is 0.0461. The highest BCUT2D eigenvalue weighted by atomic mass is 35.5. The van der Waals surface area contributed by atoms with Crippen LogP contribution in [0.1, 0.15) is 37.6 Å². The van der Waals surface area contributed by atoms with Crippen LogP contribution in [0.25, 0.3) is 0 Å². The first-order valence-corrected chi connectivity index (χ1v) is 11.9. The SMILES string of the molecule is CC(C)CN(C(=O)COC(=O)[C@H](C)NC(=O)c1ccccc1Cl)C1CCS(=O)(=O)C1. The van der Waals surface area contributed by atoms with Crippen LogP contribution < -0.4 is 5.32 Å². The zero-order valence-electron chi connectivity index (χ0n) is 17.3. The summed E-state index contributed by atoms with van der Waals surface area (Å²) in [6.07, 6.45) is 0.374. The molecule has 1 fully saturated rings. The predicted octanol–water partition coefficient (Wildman–Crippen LogP) is 1.67. The maximum absolute atomic E-state index is 12.6. The van der Waals surface area contributed by atoms with Crippen LogP contribution in [0.2, 0.25) is 5.02 Å². The van der Waals surface area contributed by atoms with Gasteiger partial charge in [0.15, 0.2) is 16.4 Å². The molecule has 1 aliphatic rings. The van der Waals surface area contributed by atoms with Crippen molar-refractivity contribution in [3.05, 3.63) is 34.9 Å². The maximum atomic E-state index is 12.6. The summed E-state index contributed by atoms with van der Waals surface area (Å²) in [6.45, 7) is 5.13. The molecule has 2 rings (SSSR count). The summed E-state index contributed by atoms with van der Waals surface area (Å²) < 4.78 is 28.6. The molecule has 1 heterocycles. The summed E-state index contributed by atoms with van der Waals surface area (Å²) in [5, 5.41) is 2.74. The third-order valence-electron chi connectivity index (χ3n) is 4.69. The van der Waals surface area contributed by atoms with Crippen molar-refractivity contribution in [2.45, 2.75) is 39.3 Å². The van der Waals surface area contributed by atoms with Crippen molar-refractivity contribution in [2.24, 2.45) is 5.92 Å². The molecule has 1 aliphatic heterocycles. The largest absolute Gasteiger partial charge is 0.454 e. The minimum atomic E-state index is -3.16. The molecule has 1 aromatic rings. The van der Waals surface area contributed by atoms with Gasteiger partial charge in [0.05, 0.1) is 22.1 Å². The van der Waals surface area contributed by atoms with Gasteiger partial charge in [-0.2, -0.15) is 0 Å². The van der Waals surface area contributed by atoms with Crippen LogP contribution >= 0.6 is 11.6 Å². The van der Waals surface area contributed by atoms with Crippen molar-refractivity contribution in [3.8, 4) is 0 Å². The third kappa shape index (κ3) is 6.70. The van der Waals surface area contributed by atoms with E-state index in [1.54, 1.807) is 18.2 Å². The molecule has 30 heavy (non-hydrogen) atoms. The molecular weight excluding hydrogens is 432 g/mol. The molecule has 0 bridgehead atoms. The van der Waals surface area contributed by atoms with Gasteiger partial charge in [0.1, 0.15) is 6.04 Å². The number of benzene rings is 1. The number of amides is 2. The molecular formula is C20H27ClN2O6S. The number of nitrogens with one attached hydrogen (secondary N) is 1. The second-order valence-corrected chi connectivity index (χ2v) is 10.4. The van der Waals surface area contributed by atoms with E-state index in [1.165, 1.54) is 17.9 Å². The molecule has 1 unspecified atom stereocenters. The second kappa shape index (κ2) is 10.3. The van der Waals surface area contributed by atoms with Gasteiger partial charge in [-0.1, -0.05) is 37.6 Å². The summed E-state index contributed by atoms with van der Waals surface area (Å²) in [7, 11) is -3.16. The van der Waals surface area contributed by atoms with Gasteiger partial charge in [-0.05, 0) is 31.4 Å². The maximum Gasteiger partial charge on any atom is 0.328 e. The lowest BCUT2D eigenvalue weighted by Crippen LogP contribution is -2.46. The summed E-state index contributed by atoms with van der Waals surface area (Å²) in [4.78, 5) is 38.6. The van der Waals surface area contributed by atoms with Gasteiger partial charge >= 0.3 is 5.97 Å². The van der Waals surface area contributed by atoms with E-state index in [0.717, 1.165) is 0 Å². The van der Waals surface area contributed by atoms with E-state index in [4.69, 9.17) is 16.3 Å². The Morgan fingerprint density at radius 3 is 2.47 bits per heavy atom. The van der Waals surface area contributed by atoms with E-state index in [2.05, 4.69) is 5.32 Å². The lowest BCUT2D eigenvalue weighted by Gasteiger charge is -2.30. The Hall–Kier alpha value is -2.13. The highest BCUT2D eigenvalue weighted by Crippen LogP contribution is 2.19. The molecule has 0 saturated carbocycles. The molecule has 2 atom stereocenters. The van der Waals surface area contributed by atoms with E-state index in [9.17, 15) is 22.8 Å². The predicted molar refractivity (Wildman–Crippen MR) is 113 cm³/mol. The van der Waals surface area contributed by atoms with E-state index >= 15 is 0 Å². The third-order valence-corrected chi connectivity index (χ3v) is 6.77. The normalized spacial score (nSPS) is 18.6. The van der Waals surface area contributed by atoms with Gasteiger partial charge < -0.3 is 15.0 Å². The van der Waals surface area contributed by atoms with E-state index in [-0.39, 0.29) is 28.0 Å². The number of carbonyl (C=O) groups excluding carboxylic acids is 3. The number of esters is 1. The highest BCUT2D eigenvalue weighted by molar-refractivity contribution is 7.91. The Morgan fingerprint density at radius 2 is 1.90 bits per heavy atom. The molecule has 10 heteroatoms. The van der Waals surface area contributed by atoms with E-state index in [0.29, 0.717) is 13.0 Å². The zero-order chi connectivity index (χ0) is 22.5. The van der Waals surface area contributed by atoms with Crippen LogP contribution in [0.3, 0.4) is 0 Å². The molecule has 1 N–H and O–H groups in total. The first-order valence-electron chi connectivity index (χ1n) is 9.72. The zero-order valence-corrected chi connectivity index (χ0v) is 18.8. The summed E-state index contributed by atoms with van der Waals surface area (Å²) in [5.74, 6) is -1.67. The Kier molecular flexibility index (Phi) is 8.25. The Labute approximate surface area is 181 Å². The number of sulfone groups is 1. The quantitative estimate of drug-likeness (QED) is 0.593. The standard InChI is InChI=1S/C20H27ClN2O6S/c1-13(2)10-23(15-8-9-30(27,28)12-15)18(24)11-29-20(26)14(3)22-19(25)16-6-4-5-7-17(16)21/h4-7,13-15H,8-12H2,1-3H3,(H,22,25)/t14-,15?/m0/s1. The fourth-order valence-corrected chi connectivity index (χ4v) is 5.14. The van der Waals surface area contributed by atoms with Gasteiger partial charge in [-0.3, -0.25) is 9.59 Å². The van der Waals surface area contributed by atoms with Gasteiger partial charge in [-0.15, -0.1) is 0 Å². The Bertz CT molecular complexity index is 902. The molecule has 166 valence electrons. The van der Waals surface area contributed by atoms with Gasteiger partial charge in [0, 0.05) is 12.6 Å². The van der Waals surface area contributed by atoms with Crippen LogP contribution in [0, 0.1) is 5.92 Å². The number of nitrogens with zero attached hydrogens (tertiary/aromatic N) is 1. The fourth-order valence-electron chi connectivity index (χ4n) is 3.19. The molecule has 2 amide bonds. The smallest absolute Gasteiger partial charge is 0.328 e. The number of carbonyl (C=O) groups is 3. The van der Waals surface area contributed by atoms with Crippen LogP contribution in [0.15, 0.2) is 24.3 Å². The lowest BCUT2D eigenvalue weighted by atomic mass is 10.1.